The minimum atomic E-state index is -3.53. The Morgan fingerprint density at radius 1 is 1.07 bits per heavy atom. The minimum Gasteiger partial charge on any atom is -0.268 e. The molecule has 0 saturated heterocycles. The Kier molecular flexibility index (Phi) is 6.22. The third-order valence-electron chi connectivity index (χ3n) is 3.68. The van der Waals surface area contributed by atoms with Crippen molar-refractivity contribution in [3.8, 4) is 0 Å². The van der Waals surface area contributed by atoms with E-state index in [0.29, 0.717) is 10.6 Å². The Morgan fingerprint density at radius 2 is 1.79 bits per heavy atom. The summed E-state index contributed by atoms with van der Waals surface area (Å²) in [6, 6.07) is 13.3. The zero-order chi connectivity index (χ0) is 20.3. The van der Waals surface area contributed by atoms with Crippen LogP contribution in [0.5, 0.6) is 0 Å². The van der Waals surface area contributed by atoms with Gasteiger partial charge in [0.25, 0.3) is 0 Å². The summed E-state index contributed by atoms with van der Waals surface area (Å²) in [6.07, 6.45) is 2.42. The molecule has 0 bridgehead atoms. The number of nitrogens with one attached hydrogen (secondary N) is 1. The van der Waals surface area contributed by atoms with E-state index in [1.807, 2.05) is 0 Å². The molecule has 1 N–H and O–H groups in total. The van der Waals surface area contributed by atoms with Gasteiger partial charge in [-0.15, -0.1) is 11.8 Å². The Bertz CT molecular complexity index is 1090. The predicted molar refractivity (Wildman–Crippen MR) is 108 cm³/mol. The number of pyridine rings is 1. The van der Waals surface area contributed by atoms with E-state index in [2.05, 4.69) is 9.71 Å². The van der Waals surface area contributed by atoms with Gasteiger partial charge < -0.3 is 0 Å². The van der Waals surface area contributed by atoms with E-state index in [-0.39, 0.29) is 11.4 Å². The zero-order valence-corrected chi connectivity index (χ0v) is 17.0. The first kappa shape index (κ1) is 20.6. The van der Waals surface area contributed by atoms with Crippen molar-refractivity contribution in [1.29, 1.82) is 0 Å². The number of rotatable bonds is 6. The lowest BCUT2D eigenvalue weighted by atomic mass is 10.0. The molecule has 2 aromatic carbocycles. The highest BCUT2D eigenvalue weighted by molar-refractivity contribution is 7.99. The molecule has 0 amide bonds. The monoisotopic (exact) mass is 440 g/mol. The quantitative estimate of drug-likeness (QED) is 0.531. The normalized spacial score (nSPS) is 12.6. The number of hydrogen-bond donors (Lipinski definition) is 1. The summed E-state index contributed by atoms with van der Waals surface area (Å²) in [5.41, 5.74) is 0.696. The number of benzene rings is 2. The molecule has 1 heterocycles. The van der Waals surface area contributed by atoms with Crippen LogP contribution in [0.4, 0.5) is 14.6 Å². The maximum absolute atomic E-state index is 14.5. The van der Waals surface area contributed by atoms with Crippen molar-refractivity contribution in [3.05, 3.63) is 88.6 Å². The van der Waals surface area contributed by atoms with Crippen molar-refractivity contribution in [2.45, 2.75) is 10.1 Å². The lowest BCUT2D eigenvalue weighted by Crippen LogP contribution is -2.11. The van der Waals surface area contributed by atoms with Gasteiger partial charge in [0, 0.05) is 21.7 Å². The fraction of sp³-hybridized carbons (Fsp3) is 0.105. The molecule has 0 fully saturated rings. The molecule has 0 spiro atoms. The first-order valence-corrected chi connectivity index (χ1v) is 11.2. The van der Waals surface area contributed by atoms with Crippen molar-refractivity contribution < 1.29 is 17.2 Å². The number of sulfonamides is 1. The highest BCUT2D eigenvalue weighted by Crippen LogP contribution is 2.42. The second-order valence-electron chi connectivity index (χ2n) is 5.97. The van der Waals surface area contributed by atoms with Crippen LogP contribution in [0.25, 0.3) is 0 Å². The number of anilines is 1. The lowest BCUT2D eigenvalue weighted by molar-refractivity contribution is 0.587. The van der Waals surface area contributed by atoms with Gasteiger partial charge in [-0.05, 0) is 60.2 Å². The van der Waals surface area contributed by atoms with Crippen LogP contribution in [-0.2, 0) is 10.0 Å². The summed E-state index contributed by atoms with van der Waals surface area (Å²) >= 11 is 7.20. The van der Waals surface area contributed by atoms with Crippen LogP contribution in [0.1, 0.15) is 16.4 Å². The average molecular weight is 441 g/mol. The molecule has 1 aromatic heterocycles. The topological polar surface area (TPSA) is 59.1 Å². The molecule has 0 aliphatic heterocycles. The summed E-state index contributed by atoms with van der Waals surface area (Å²) in [6.45, 7) is 0. The Hall–Kier alpha value is -2.16. The molecule has 0 radical (unpaired) electrons. The summed E-state index contributed by atoms with van der Waals surface area (Å²) in [5, 5.41) is -0.0821. The van der Waals surface area contributed by atoms with E-state index in [1.54, 1.807) is 30.3 Å². The van der Waals surface area contributed by atoms with Crippen LogP contribution < -0.4 is 4.72 Å². The van der Waals surface area contributed by atoms with Gasteiger partial charge in [0.2, 0.25) is 10.0 Å². The maximum Gasteiger partial charge on any atom is 0.230 e. The second-order valence-corrected chi connectivity index (χ2v) is 9.33. The number of halogens is 3. The van der Waals surface area contributed by atoms with Gasteiger partial charge in [-0.1, -0.05) is 11.6 Å². The number of thioether (sulfide) groups is 1. The predicted octanol–water partition coefficient (Wildman–Crippen LogP) is 5.27. The van der Waals surface area contributed by atoms with E-state index in [9.17, 15) is 17.2 Å². The van der Waals surface area contributed by atoms with Gasteiger partial charge in [0.1, 0.15) is 17.5 Å². The molecule has 9 heteroatoms. The van der Waals surface area contributed by atoms with E-state index >= 15 is 0 Å². The fourth-order valence-corrected chi connectivity index (χ4v) is 4.30. The molecule has 3 rings (SSSR count). The Labute approximate surface area is 171 Å². The van der Waals surface area contributed by atoms with E-state index in [0.717, 1.165) is 29.4 Å². The number of aromatic nitrogens is 1. The van der Waals surface area contributed by atoms with Crippen molar-refractivity contribution in [3.63, 3.8) is 0 Å². The average Bonchev–Trinajstić information content (AvgIpc) is 2.62. The van der Waals surface area contributed by atoms with Crippen LogP contribution in [0.3, 0.4) is 0 Å². The van der Waals surface area contributed by atoms with Crippen LogP contribution in [0, 0.1) is 11.6 Å². The summed E-state index contributed by atoms with van der Waals surface area (Å²) in [7, 11) is -3.53. The molecule has 1 atom stereocenters. The SMILES string of the molecule is CS(=O)(=O)Nc1cc(C(Sc2ccc(Cl)cc2)c2cc(F)ccc2F)ccn1. The summed E-state index contributed by atoms with van der Waals surface area (Å²) in [5.74, 6) is -1.04. The summed E-state index contributed by atoms with van der Waals surface area (Å²) in [4.78, 5) is 4.76. The lowest BCUT2D eigenvalue weighted by Gasteiger charge is -2.19. The zero-order valence-electron chi connectivity index (χ0n) is 14.6. The largest absolute Gasteiger partial charge is 0.268 e. The van der Waals surface area contributed by atoms with Gasteiger partial charge >= 0.3 is 0 Å². The maximum atomic E-state index is 14.5. The molecule has 0 saturated carbocycles. The third-order valence-corrected chi connectivity index (χ3v) is 5.82. The Morgan fingerprint density at radius 3 is 2.46 bits per heavy atom. The van der Waals surface area contributed by atoms with E-state index in [1.165, 1.54) is 24.0 Å². The molecule has 4 nitrogen and oxygen atoms in total. The van der Waals surface area contributed by atoms with Gasteiger partial charge in [-0.3, -0.25) is 4.72 Å². The second kappa shape index (κ2) is 8.46. The van der Waals surface area contributed by atoms with E-state index in [4.69, 9.17) is 11.6 Å². The number of nitrogens with zero attached hydrogens (tertiary/aromatic N) is 1. The minimum absolute atomic E-state index is 0.0958. The highest BCUT2D eigenvalue weighted by atomic mass is 35.5. The molecule has 0 aliphatic rings. The fourth-order valence-electron chi connectivity index (χ4n) is 2.53. The first-order valence-electron chi connectivity index (χ1n) is 8.02. The summed E-state index contributed by atoms with van der Waals surface area (Å²) < 4.78 is 53.6. The van der Waals surface area contributed by atoms with Crippen LogP contribution in [0.2, 0.25) is 5.02 Å². The first-order chi connectivity index (χ1) is 13.2. The van der Waals surface area contributed by atoms with Gasteiger partial charge in [-0.2, -0.15) is 0 Å². The van der Waals surface area contributed by atoms with Crippen LogP contribution in [0.15, 0.2) is 65.7 Å². The van der Waals surface area contributed by atoms with Crippen molar-refractivity contribution >= 4 is 39.2 Å². The van der Waals surface area contributed by atoms with Crippen LogP contribution >= 0.6 is 23.4 Å². The molecule has 146 valence electrons. The molecule has 28 heavy (non-hydrogen) atoms. The van der Waals surface area contributed by atoms with Gasteiger partial charge in [-0.25, -0.2) is 22.2 Å². The molecular weight excluding hydrogens is 426 g/mol. The van der Waals surface area contributed by atoms with Gasteiger partial charge in [0.15, 0.2) is 0 Å². The Balaban J connectivity index is 2.06. The highest BCUT2D eigenvalue weighted by Gasteiger charge is 2.21. The van der Waals surface area contributed by atoms with Crippen molar-refractivity contribution in [2.24, 2.45) is 0 Å². The van der Waals surface area contributed by atoms with Crippen LogP contribution in [-0.4, -0.2) is 19.7 Å². The molecular formula is C19H15ClF2N2O2S2. The molecule has 3 aromatic rings. The standard InChI is InChI=1S/C19H15ClF2N2O2S2/c1-28(25,26)24-18-10-12(8-9-23-18)19(16-11-14(21)4-7-17(16)22)27-15-5-2-13(20)3-6-15/h2-11,19H,1H3,(H,23,24). The molecule has 0 aliphatic carbocycles. The number of hydrogen-bond acceptors (Lipinski definition) is 4. The molecule has 1 unspecified atom stereocenters. The van der Waals surface area contributed by atoms with Gasteiger partial charge in [0.05, 0.1) is 11.5 Å². The van der Waals surface area contributed by atoms with E-state index < -0.39 is 26.9 Å². The van der Waals surface area contributed by atoms with Crippen molar-refractivity contribution in [1.82, 2.24) is 4.98 Å². The van der Waals surface area contributed by atoms with Crippen molar-refractivity contribution in [2.75, 3.05) is 11.0 Å². The smallest absolute Gasteiger partial charge is 0.230 e. The third kappa shape index (κ3) is 5.43.